The average molecular weight is 309 g/mol. The first-order valence-corrected chi connectivity index (χ1v) is 8.27. The summed E-state index contributed by atoms with van der Waals surface area (Å²) in [7, 11) is 0. The lowest BCUT2D eigenvalue weighted by atomic mass is 9.98. The number of ketones is 1. The second-order valence-electron chi connectivity index (χ2n) is 5.77. The Morgan fingerprint density at radius 1 is 1.43 bits per heavy atom. The molecule has 0 aromatic heterocycles. The van der Waals surface area contributed by atoms with E-state index in [1.807, 2.05) is 19.1 Å². The molecule has 1 heterocycles. The first-order valence-electron chi connectivity index (χ1n) is 7.89. The van der Waals surface area contributed by atoms with Gasteiger partial charge in [-0.3, -0.25) is 9.69 Å². The van der Waals surface area contributed by atoms with Gasteiger partial charge in [0.05, 0.1) is 6.04 Å². The van der Waals surface area contributed by atoms with Crippen LogP contribution in [0, 0.1) is 0 Å². The number of halogens is 1. The van der Waals surface area contributed by atoms with Crippen molar-refractivity contribution in [1.82, 2.24) is 10.2 Å². The number of hydrogen-bond acceptors (Lipinski definition) is 3. The maximum absolute atomic E-state index is 12.7. The Morgan fingerprint density at radius 3 is 2.76 bits per heavy atom. The molecule has 0 aliphatic carbocycles. The van der Waals surface area contributed by atoms with Crippen molar-refractivity contribution in [2.24, 2.45) is 0 Å². The third-order valence-corrected chi connectivity index (χ3v) is 4.48. The van der Waals surface area contributed by atoms with Crippen molar-refractivity contribution in [3.05, 3.63) is 34.9 Å². The molecule has 0 amide bonds. The second kappa shape index (κ2) is 7.92. The van der Waals surface area contributed by atoms with Crippen molar-refractivity contribution in [2.75, 3.05) is 19.6 Å². The molecule has 1 aliphatic rings. The molecule has 1 atom stereocenters. The molecule has 1 aliphatic heterocycles. The number of benzene rings is 1. The molecular weight excluding hydrogens is 284 g/mol. The Hall–Kier alpha value is -0.900. The number of nitrogens with zero attached hydrogens (tertiary/aromatic N) is 1. The van der Waals surface area contributed by atoms with E-state index in [1.54, 1.807) is 12.1 Å². The summed E-state index contributed by atoms with van der Waals surface area (Å²) in [4.78, 5) is 15.1. The highest BCUT2D eigenvalue weighted by Gasteiger charge is 2.29. The van der Waals surface area contributed by atoms with Gasteiger partial charge < -0.3 is 5.32 Å². The van der Waals surface area contributed by atoms with E-state index < -0.39 is 0 Å². The summed E-state index contributed by atoms with van der Waals surface area (Å²) in [6.07, 6.45) is 3.30. The molecule has 0 bridgehead atoms. The molecule has 1 unspecified atom stereocenters. The highest BCUT2D eigenvalue weighted by molar-refractivity contribution is 6.31. The lowest BCUT2D eigenvalue weighted by Gasteiger charge is -2.38. The van der Waals surface area contributed by atoms with E-state index in [-0.39, 0.29) is 11.8 Å². The van der Waals surface area contributed by atoms with Crippen LogP contribution in [0.5, 0.6) is 0 Å². The van der Waals surface area contributed by atoms with Gasteiger partial charge in [-0.15, -0.1) is 0 Å². The summed E-state index contributed by atoms with van der Waals surface area (Å²) >= 11 is 6.01. The van der Waals surface area contributed by atoms with Gasteiger partial charge in [-0.1, -0.05) is 30.7 Å². The van der Waals surface area contributed by atoms with Crippen LogP contribution in [0.1, 0.15) is 43.5 Å². The van der Waals surface area contributed by atoms with Crippen molar-refractivity contribution in [3.8, 4) is 0 Å². The van der Waals surface area contributed by atoms with Gasteiger partial charge in [0.15, 0.2) is 5.78 Å². The van der Waals surface area contributed by atoms with Crippen molar-refractivity contribution in [1.29, 1.82) is 0 Å². The zero-order chi connectivity index (χ0) is 15.2. The zero-order valence-corrected chi connectivity index (χ0v) is 13.7. The number of carbonyl (C=O) groups excluding carboxylic acids is 1. The fourth-order valence-corrected chi connectivity index (χ4v) is 3.31. The number of hydrogen-bond donors (Lipinski definition) is 1. The minimum absolute atomic E-state index is 0.0912. The third kappa shape index (κ3) is 4.29. The Bertz CT molecular complexity index is 472. The molecule has 0 saturated carbocycles. The third-order valence-electron chi connectivity index (χ3n) is 4.25. The summed E-state index contributed by atoms with van der Waals surface area (Å²) in [6.45, 7) is 7.26. The predicted octanol–water partition coefficient (Wildman–Crippen LogP) is 3.38. The lowest BCUT2D eigenvalue weighted by Crippen LogP contribution is -2.50. The van der Waals surface area contributed by atoms with Crippen LogP contribution in [0.4, 0.5) is 0 Å². The van der Waals surface area contributed by atoms with Gasteiger partial charge in [-0.25, -0.2) is 0 Å². The van der Waals surface area contributed by atoms with Gasteiger partial charge in [-0.2, -0.15) is 0 Å². The molecule has 0 radical (unpaired) electrons. The smallest absolute Gasteiger partial charge is 0.179 e. The molecule has 1 aromatic rings. The minimum Gasteiger partial charge on any atom is -0.317 e. The van der Waals surface area contributed by atoms with Crippen molar-refractivity contribution in [3.63, 3.8) is 0 Å². The van der Waals surface area contributed by atoms with Crippen LogP contribution in [-0.4, -0.2) is 42.4 Å². The van der Waals surface area contributed by atoms with Crippen LogP contribution < -0.4 is 5.32 Å². The highest BCUT2D eigenvalue weighted by Crippen LogP contribution is 2.20. The summed E-state index contributed by atoms with van der Waals surface area (Å²) in [5.41, 5.74) is 0.713. The molecule has 1 N–H and O–H groups in total. The van der Waals surface area contributed by atoms with Crippen molar-refractivity contribution >= 4 is 17.4 Å². The molecule has 4 heteroatoms. The first-order chi connectivity index (χ1) is 10.1. The first kappa shape index (κ1) is 16.5. The molecule has 2 rings (SSSR count). The number of rotatable bonds is 6. The topological polar surface area (TPSA) is 32.3 Å². The molecule has 0 spiro atoms. The molecule has 1 fully saturated rings. The normalized spacial score (nSPS) is 17.9. The van der Waals surface area contributed by atoms with Crippen LogP contribution in [0.15, 0.2) is 24.3 Å². The monoisotopic (exact) mass is 308 g/mol. The summed E-state index contributed by atoms with van der Waals surface area (Å²) in [6, 6.07) is 7.69. The van der Waals surface area contributed by atoms with Crippen LogP contribution >= 0.6 is 11.6 Å². The Balaban J connectivity index is 2.13. The van der Waals surface area contributed by atoms with Gasteiger partial charge in [0, 0.05) is 16.6 Å². The van der Waals surface area contributed by atoms with E-state index in [9.17, 15) is 4.79 Å². The van der Waals surface area contributed by atoms with E-state index in [1.165, 1.54) is 0 Å². The Morgan fingerprint density at radius 2 is 2.14 bits per heavy atom. The van der Waals surface area contributed by atoms with E-state index in [2.05, 4.69) is 17.1 Å². The average Bonchev–Trinajstić information content (AvgIpc) is 2.52. The fourth-order valence-electron chi connectivity index (χ4n) is 3.12. The maximum atomic E-state index is 12.7. The van der Waals surface area contributed by atoms with Crippen LogP contribution in [0.3, 0.4) is 0 Å². The van der Waals surface area contributed by atoms with E-state index in [4.69, 9.17) is 11.6 Å². The van der Waals surface area contributed by atoms with Gasteiger partial charge in [-0.05, 0) is 58.0 Å². The second-order valence-corrected chi connectivity index (χ2v) is 6.21. The Kier molecular flexibility index (Phi) is 6.22. The molecule has 1 saturated heterocycles. The quantitative estimate of drug-likeness (QED) is 0.818. The number of carbonyl (C=O) groups is 1. The molecule has 21 heavy (non-hydrogen) atoms. The fraction of sp³-hybridized carbons (Fsp3) is 0.588. The Labute approximate surface area is 132 Å². The van der Waals surface area contributed by atoms with E-state index >= 15 is 0 Å². The minimum atomic E-state index is -0.0912. The number of Topliss-reactive ketones (excluding diaryl/α,β-unsaturated/α-hetero) is 1. The number of piperidine rings is 1. The maximum Gasteiger partial charge on any atom is 0.179 e. The zero-order valence-electron chi connectivity index (χ0n) is 12.9. The van der Waals surface area contributed by atoms with Gasteiger partial charge >= 0.3 is 0 Å². The summed E-state index contributed by atoms with van der Waals surface area (Å²) in [5, 5.41) is 4.01. The molecular formula is C17H25ClN2O. The lowest BCUT2D eigenvalue weighted by molar-refractivity contribution is 0.0711. The molecule has 116 valence electrons. The van der Waals surface area contributed by atoms with Crippen LogP contribution in [-0.2, 0) is 0 Å². The largest absolute Gasteiger partial charge is 0.317 e. The molecule has 1 aromatic carbocycles. The van der Waals surface area contributed by atoms with Crippen LogP contribution in [0.2, 0.25) is 5.02 Å². The SMILES string of the molecule is CCCN(C1CCNCC1)C(C)C(=O)c1cccc(Cl)c1. The molecule has 3 nitrogen and oxygen atoms in total. The van der Waals surface area contributed by atoms with Crippen molar-refractivity contribution < 1.29 is 4.79 Å². The summed E-state index contributed by atoms with van der Waals surface area (Å²) < 4.78 is 0. The van der Waals surface area contributed by atoms with Gasteiger partial charge in [0.25, 0.3) is 0 Å². The standard InChI is InChI=1S/C17H25ClN2O/c1-3-11-20(16-7-9-19-10-8-16)13(2)17(21)14-5-4-6-15(18)12-14/h4-6,12-13,16,19H,3,7-11H2,1-2H3. The van der Waals surface area contributed by atoms with Crippen molar-refractivity contribution in [2.45, 2.75) is 45.2 Å². The van der Waals surface area contributed by atoms with E-state index in [0.717, 1.165) is 38.9 Å². The van der Waals surface area contributed by atoms with Crippen LogP contribution in [0.25, 0.3) is 0 Å². The summed E-state index contributed by atoms with van der Waals surface area (Å²) in [5.74, 6) is 0.171. The van der Waals surface area contributed by atoms with E-state index in [0.29, 0.717) is 16.6 Å². The van der Waals surface area contributed by atoms with Gasteiger partial charge in [0.1, 0.15) is 0 Å². The highest BCUT2D eigenvalue weighted by atomic mass is 35.5. The number of nitrogens with one attached hydrogen (secondary N) is 1. The van der Waals surface area contributed by atoms with Gasteiger partial charge in [0.2, 0.25) is 0 Å². The predicted molar refractivity (Wildman–Crippen MR) is 88.1 cm³/mol.